The molecule has 1 aromatic rings. The van der Waals surface area contributed by atoms with Crippen molar-refractivity contribution < 1.29 is 13.2 Å². The van der Waals surface area contributed by atoms with Crippen LogP contribution in [0.2, 0.25) is 0 Å². The number of hydrogen-bond donors (Lipinski definition) is 1. The molecule has 0 saturated heterocycles. The van der Waals surface area contributed by atoms with Crippen molar-refractivity contribution in [2.75, 3.05) is 0 Å². The number of halogens is 3. The van der Waals surface area contributed by atoms with Crippen molar-refractivity contribution in [2.45, 2.75) is 6.18 Å². The highest BCUT2D eigenvalue weighted by atomic mass is 19.4. The lowest BCUT2D eigenvalue weighted by Gasteiger charge is -2.08. The van der Waals surface area contributed by atoms with Gasteiger partial charge in [0.15, 0.2) is 5.71 Å². The minimum Gasteiger partial charge on any atom is -0.323 e. The second-order valence-corrected chi connectivity index (χ2v) is 2.34. The van der Waals surface area contributed by atoms with E-state index in [4.69, 9.17) is 0 Å². The van der Waals surface area contributed by atoms with Gasteiger partial charge in [-0.05, 0) is 0 Å². The molecule has 13 heavy (non-hydrogen) atoms. The van der Waals surface area contributed by atoms with E-state index in [9.17, 15) is 13.2 Å². The van der Waals surface area contributed by atoms with Crippen LogP contribution in [0.15, 0.2) is 35.4 Å². The van der Waals surface area contributed by atoms with Crippen LogP contribution in [0.25, 0.3) is 0 Å². The number of benzene rings is 1. The van der Waals surface area contributed by atoms with E-state index in [2.05, 4.69) is 10.9 Å². The summed E-state index contributed by atoms with van der Waals surface area (Å²) in [6.45, 7) is 0. The van der Waals surface area contributed by atoms with Gasteiger partial charge in [-0.15, -0.1) is 0 Å². The summed E-state index contributed by atoms with van der Waals surface area (Å²) in [5.41, 5.74) is -1.09. The summed E-state index contributed by atoms with van der Waals surface area (Å²) in [6, 6.07) is 7.21. The number of hydrazone groups is 1. The predicted molar refractivity (Wildman–Crippen MR) is 43.2 cm³/mol. The third-order valence-electron chi connectivity index (χ3n) is 1.44. The normalized spacial score (nSPS) is 13.0. The Labute approximate surface area is 72.9 Å². The minimum absolute atomic E-state index is 0.0301. The van der Waals surface area contributed by atoms with Crippen molar-refractivity contribution in [3.8, 4) is 0 Å². The van der Waals surface area contributed by atoms with Gasteiger partial charge in [-0.1, -0.05) is 30.3 Å². The highest BCUT2D eigenvalue weighted by molar-refractivity contribution is 6.04. The molecule has 0 saturated carbocycles. The van der Waals surface area contributed by atoms with Gasteiger partial charge in [-0.2, -0.15) is 18.3 Å². The molecule has 1 rings (SSSR count). The van der Waals surface area contributed by atoms with Crippen molar-refractivity contribution in [3.63, 3.8) is 0 Å². The number of alkyl halides is 3. The molecule has 0 spiro atoms. The van der Waals surface area contributed by atoms with E-state index in [1.807, 2.05) is 0 Å². The highest BCUT2D eigenvalue weighted by Crippen LogP contribution is 2.21. The zero-order valence-electron chi connectivity index (χ0n) is 6.55. The molecule has 0 aliphatic carbocycles. The molecule has 5 heteroatoms. The molecule has 0 heterocycles. The number of hydrogen-bond acceptors (Lipinski definition) is 2. The first-order chi connectivity index (χ1) is 6.05. The highest BCUT2D eigenvalue weighted by Gasteiger charge is 2.36. The number of nitrogens with zero attached hydrogens (tertiary/aromatic N) is 1. The van der Waals surface area contributed by atoms with E-state index in [0.29, 0.717) is 0 Å². The molecule has 1 aromatic carbocycles. The molecule has 2 N–H and O–H groups in total. The van der Waals surface area contributed by atoms with E-state index >= 15 is 0 Å². The SMILES string of the molecule is N/N=C(\c1ccccc1)C(F)(F)F. The number of nitrogens with two attached hydrogens (primary N) is 1. The average molecular weight is 188 g/mol. The summed E-state index contributed by atoms with van der Waals surface area (Å²) >= 11 is 0. The molecule has 0 amide bonds. The summed E-state index contributed by atoms with van der Waals surface area (Å²) in [6.07, 6.45) is -4.50. The molecule has 0 bridgehead atoms. The molecule has 0 unspecified atom stereocenters. The van der Waals surface area contributed by atoms with Crippen LogP contribution in [0, 0.1) is 0 Å². The summed E-state index contributed by atoms with van der Waals surface area (Å²) in [4.78, 5) is 0. The van der Waals surface area contributed by atoms with Crippen LogP contribution in [0.5, 0.6) is 0 Å². The molecule has 0 radical (unpaired) electrons. The van der Waals surface area contributed by atoms with Crippen molar-refractivity contribution in [1.82, 2.24) is 0 Å². The van der Waals surface area contributed by atoms with Crippen molar-refractivity contribution in [3.05, 3.63) is 35.9 Å². The fraction of sp³-hybridized carbons (Fsp3) is 0.125. The predicted octanol–water partition coefficient (Wildman–Crippen LogP) is 1.91. The Morgan fingerprint density at radius 3 is 2.08 bits per heavy atom. The maximum atomic E-state index is 12.2. The van der Waals surface area contributed by atoms with E-state index in [1.54, 1.807) is 6.07 Å². The van der Waals surface area contributed by atoms with Gasteiger partial charge in [-0.3, -0.25) is 0 Å². The molecule has 70 valence electrons. The first-order valence-electron chi connectivity index (χ1n) is 3.46. The van der Waals surface area contributed by atoms with Gasteiger partial charge in [-0.25, -0.2) is 0 Å². The van der Waals surface area contributed by atoms with Gasteiger partial charge in [0, 0.05) is 5.56 Å². The molecular formula is C8H7F3N2. The van der Waals surface area contributed by atoms with Crippen LogP contribution in [-0.4, -0.2) is 11.9 Å². The molecule has 0 aromatic heterocycles. The average Bonchev–Trinajstić information content (AvgIpc) is 2.05. The Morgan fingerprint density at radius 2 is 1.69 bits per heavy atom. The third-order valence-corrected chi connectivity index (χ3v) is 1.44. The molecular weight excluding hydrogens is 181 g/mol. The smallest absolute Gasteiger partial charge is 0.323 e. The molecule has 0 aliphatic rings. The largest absolute Gasteiger partial charge is 0.435 e. The molecule has 0 fully saturated rings. The van der Waals surface area contributed by atoms with Crippen molar-refractivity contribution in [1.29, 1.82) is 0 Å². The lowest BCUT2D eigenvalue weighted by Crippen LogP contribution is -2.25. The van der Waals surface area contributed by atoms with E-state index in [1.165, 1.54) is 24.3 Å². The van der Waals surface area contributed by atoms with E-state index < -0.39 is 11.9 Å². The van der Waals surface area contributed by atoms with Gasteiger partial charge in [0.2, 0.25) is 0 Å². The van der Waals surface area contributed by atoms with Gasteiger partial charge < -0.3 is 5.84 Å². The monoisotopic (exact) mass is 188 g/mol. The lowest BCUT2D eigenvalue weighted by molar-refractivity contribution is -0.0582. The Hall–Kier alpha value is -1.52. The van der Waals surface area contributed by atoms with Crippen LogP contribution in [0.1, 0.15) is 5.56 Å². The fourth-order valence-electron chi connectivity index (χ4n) is 0.907. The van der Waals surface area contributed by atoms with E-state index in [0.717, 1.165) is 0 Å². The Balaban J connectivity index is 3.08. The summed E-state index contributed by atoms with van der Waals surface area (Å²) in [5.74, 6) is 4.66. The van der Waals surface area contributed by atoms with Gasteiger partial charge in [0.1, 0.15) is 0 Å². The lowest BCUT2D eigenvalue weighted by atomic mass is 10.1. The Kier molecular flexibility index (Phi) is 2.55. The molecule has 0 aliphatic heterocycles. The first kappa shape index (κ1) is 9.57. The second kappa shape index (κ2) is 3.47. The standard InChI is InChI=1S/C8H7F3N2/c9-8(10,11)7(13-12)6-4-2-1-3-5-6/h1-5H,12H2/b13-7+. The summed E-state index contributed by atoms with van der Waals surface area (Å²) < 4.78 is 36.6. The van der Waals surface area contributed by atoms with Gasteiger partial charge in [0.25, 0.3) is 0 Å². The van der Waals surface area contributed by atoms with Crippen molar-refractivity contribution in [2.24, 2.45) is 10.9 Å². The van der Waals surface area contributed by atoms with Gasteiger partial charge in [0.05, 0.1) is 0 Å². The zero-order valence-corrected chi connectivity index (χ0v) is 6.55. The minimum atomic E-state index is -4.50. The quantitative estimate of drug-likeness (QED) is 0.408. The van der Waals surface area contributed by atoms with Crippen molar-refractivity contribution >= 4 is 5.71 Å². The van der Waals surface area contributed by atoms with Crippen LogP contribution >= 0.6 is 0 Å². The van der Waals surface area contributed by atoms with Crippen LogP contribution in [0.3, 0.4) is 0 Å². The van der Waals surface area contributed by atoms with Gasteiger partial charge >= 0.3 is 6.18 Å². The maximum Gasteiger partial charge on any atom is 0.435 e. The van der Waals surface area contributed by atoms with Crippen LogP contribution < -0.4 is 5.84 Å². The first-order valence-corrected chi connectivity index (χ1v) is 3.46. The summed E-state index contributed by atoms with van der Waals surface area (Å²) in [7, 11) is 0. The van der Waals surface area contributed by atoms with Crippen LogP contribution in [-0.2, 0) is 0 Å². The fourth-order valence-corrected chi connectivity index (χ4v) is 0.907. The zero-order chi connectivity index (χ0) is 9.90. The second-order valence-electron chi connectivity index (χ2n) is 2.34. The van der Waals surface area contributed by atoms with E-state index in [-0.39, 0.29) is 5.56 Å². The maximum absolute atomic E-state index is 12.2. The third kappa shape index (κ3) is 2.21. The number of rotatable bonds is 1. The van der Waals surface area contributed by atoms with Crippen LogP contribution in [0.4, 0.5) is 13.2 Å². The summed E-state index contributed by atoms with van der Waals surface area (Å²) in [5, 5.41) is 2.72. The molecule has 2 nitrogen and oxygen atoms in total. The molecule has 0 atom stereocenters. The Bertz CT molecular complexity index is 303. The topological polar surface area (TPSA) is 38.4 Å². The Morgan fingerprint density at radius 1 is 1.15 bits per heavy atom.